The van der Waals surface area contributed by atoms with Crippen molar-refractivity contribution in [1.29, 1.82) is 0 Å². The molecule has 94 valence electrons. The summed E-state index contributed by atoms with van der Waals surface area (Å²) in [6.45, 7) is 1.96. The second-order valence-electron chi connectivity index (χ2n) is 3.79. The monoisotopic (exact) mass is 301 g/mol. The van der Waals surface area contributed by atoms with Gasteiger partial charge >= 0.3 is 0 Å². The largest absolute Gasteiger partial charge is 0.382 e. The number of hydrogen-bond acceptors (Lipinski definition) is 3. The molecule has 0 radical (unpaired) electrons. The fraction of sp³-hybridized carbons (Fsp3) is 0.0833. The molecule has 0 spiro atoms. The number of nitrogens with zero attached hydrogens (tertiary/aromatic N) is 1. The first-order valence-electron chi connectivity index (χ1n) is 5.12. The molecule has 0 unspecified atom stereocenters. The molecule has 18 heavy (non-hydrogen) atoms. The highest BCUT2D eigenvalue weighted by molar-refractivity contribution is 6.37. The molecule has 1 aromatic heterocycles. The third-order valence-corrected chi connectivity index (χ3v) is 3.24. The summed E-state index contributed by atoms with van der Waals surface area (Å²) in [7, 11) is 0. The van der Waals surface area contributed by atoms with Gasteiger partial charge in [0, 0.05) is 0 Å². The lowest BCUT2D eigenvalue weighted by molar-refractivity contribution is 1.31. The van der Waals surface area contributed by atoms with Gasteiger partial charge < -0.3 is 11.1 Å². The molecule has 0 saturated carbocycles. The van der Waals surface area contributed by atoms with Crippen molar-refractivity contribution in [2.45, 2.75) is 6.92 Å². The molecule has 0 aliphatic rings. The van der Waals surface area contributed by atoms with Crippen molar-refractivity contribution in [2.24, 2.45) is 0 Å². The number of nitrogen functional groups attached to an aromatic ring is 1. The summed E-state index contributed by atoms with van der Waals surface area (Å²) in [5.41, 5.74) is 7.41. The highest BCUT2D eigenvalue weighted by atomic mass is 35.5. The number of aryl methyl sites for hydroxylation is 1. The Kier molecular flexibility index (Phi) is 3.85. The minimum Gasteiger partial charge on any atom is -0.382 e. The molecule has 0 bridgehead atoms. The lowest BCUT2D eigenvalue weighted by Gasteiger charge is -2.11. The van der Waals surface area contributed by atoms with Gasteiger partial charge in [0.2, 0.25) is 0 Å². The van der Waals surface area contributed by atoms with Gasteiger partial charge in [-0.05, 0) is 30.7 Å². The van der Waals surface area contributed by atoms with Crippen LogP contribution in [0, 0.1) is 6.92 Å². The number of hydrogen-bond donors (Lipinski definition) is 2. The average Bonchev–Trinajstić information content (AvgIpc) is 2.29. The zero-order valence-corrected chi connectivity index (χ0v) is 11.7. The normalized spacial score (nSPS) is 10.4. The van der Waals surface area contributed by atoms with Crippen LogP contribution in [0.5, 0.6) is 0 Å². The number of nitrogens with two attached hydrogens (primary N) is 1. The van der Waals surface area contributed by atoms with Crippen LogP contribution in [0.25, 0.3) is 0 Å². The van der Waals surface area contributed by atoms with E-state index in [0.29, 0.717) is 26.6 Å². The molecule has 0 saturated heterocycles. The van der Waals surface area contributed by atoms with Crippen LogP contribution in [-0.2, 0) is 0 Å². The zero-order valence-electron chi connectivity index (χ0n) is 9.47. The van der Waals surface area contributed by atoms with Gasteiger partial charge in [0.05, 0.1) is 20.8 Å². The van der Waals surface area contributed by atoms with E-state index >= 15 is 0 Å². The molecule has 6 heteroatoms. The van der Waals surface area contributed by atoms with Gasteiger partial charge in [-0.1, -0.05) is 40.9 Å². The Hall–Kier alpha value is -1.16. The maximum atomic E-state index is 6.11. The zero-order chi connectivity index (χ0) is 13.3. The fourth-order valence-electron chi connectivity index (χ4n) is 1.42. The molecule has 0 aliphatic heterocycles. The van der Waals surface area contributed by atoms with Crippen molar-refractivity contribution < 1.29 is 0 Å². The van der Waals surface area contributed by atoms with Crippen LogP contribution in [0.15, 0.2) is 24.3 Å². The molecule has 2 rings (SSSR count). The predicted octanol–water partition coefficient (Wildman–Crippen LogP) is 4.68. The SMILES string of the molecule is Cc1ccc(Nc2nc(N)c(Cl)cc2Cl)c(Cl)c1. The van der Waals surface area contributed by atoms with E-state index < -0.39 is 0 Å². The van der Waals surface area contributed by atoms with Crippen LogP contribution in [-0.4, -0.2) is 4.98 Å². The molecule has 0 aliphatic carbocycles. The van der Waals surface area contributed by atoms with E-state index in [2.05, 4.69) is 10.3 Å². The van der Waals surface area contributed by atoms with Crippen LogP contribution in [0.2, 0.25) is 15.1 Å². The summed E-state index contributed by atoms with van der Waals surface area (Å²) in [4.78, 5) is 4.08. The Morgan fingerprint density at radius 3 is 2.44 bits per heavy atom. The average molecular weight is 303 g/mol. The molecule has 3 N–H and O–H groups in total. The standard InChI is InChI=1S/C12H10Cl3N3/c1-6-2-3-10(7(13)4-6)17-12-9(15)5-8(14)11(16)18-12/h2-5H,1H3,(H3,16,17,18). The minimum atomic E-state index is 0.215. The Labute approximate surface area is 120 Å². The van der Waals surface area contributed by atoms with Gasteiger partial charge in [-0.2, -0.15) is 0 Å². The van der Waals surface area contributed by atoms with E-state index in [0.717, 1.165) is 5.56 Å². The first kappa shape index (κ1) is 13.3. The van der Waals surface area contributed by atoms with Crippen molar-refractivity contribution in [2.75, 3.05) is 11.1 Å². The van der Waals surface area contributed by atoms with Crippen molar-refractivity contribution in [3.63, 3.8) is 0 Å². The van der Waals surface area contributed by atoms with E-state index in [-0.39, 0.29) is 5.82 Å². The lowest BCUT2D eigenvalue weighted by Crippen LogP contribution is -1.99. The summed E-state index contributed by atoms with van der Waals surface area (Å²) in [5.74, 6) is 0.635. The van der Waals surface area contributed by atoms with Gasteiger partial charge in [0.1, 0.15) is 5.82 Å². The van der Waals surface area contributed by atoms with Crippen molar-refractivity contribution >= 4 is 52.1 Å². The van der Waals surface area contributed by atoms with Crippen LogP contribution >= 0.6 is 34.8 Å². The van der Waals surface area contributed by atoms with Crippen molar-refractivity contribution in [3.8, 4) is 0 Å². The molecule has 2 aromatic rings. The third kappa shape index (κ3) is 2.80. The van der Waals surface area contributed by atoms with Gasteiger partial charge in [0.25, 0.3) is 0 Å². The second-order valence-corrected chi connectivity index (χ2v) is 5.02. The third-order valence-electron chi connectivity index (χ3n) is 2.33. The van der Waals surface area contributed by atoms with Crippen LogP contribution in [0.1, 0.15) is 5.56 Å². The van der Waals surface area contributed by atoms with E-state index in [4.69, 9.17) is 40.5 Å². The van der Waals surface area contributed by atoms with Crippen LogP contribution in [0.3, 0.4) is 0 Å². The first-order chi connectivity index (χ1) is 8.47. The van der Waals surface area contributed by atoms with Gasteiger partial charge in [-0.25, -0.2) is 4.98 Å². The summed E-state index contributed by atoms with van der Waals surface area (Å²) in [6, 6.07) is 7.16. The molecule has 1 heterocycles. The summed E-state index contributed by atoms with van der Waals surface area (Å²) >= 11 is 18.0. The highest BCUT2D eigenvalue weighted by Gasteiger charge is 2.09. The van der Waals surface area contributed by atoms with Gasteiger partial charge in [0.15, 0.2) is 5.82 Å². The van der Waals surface area contributed by atoms with E-state index in [9.17, 15) is 0 Å². The Morgan fingerprint density at radius 1 is 1.06 bits per heavy atom. The predicted molar refractivity (Wildman–Crippen MR) is 78.1 cm³/mol. The minimum absolute atomic E-state index is 0.215. The highest BCUT2D eigenvalue weighted by Crippen LogP contribution is 2.32. The quantitative estimate of drug-likeness (QED) is 0.847. The number of benzene rings is 1. The van der Waals surface area contributed by atoms with E-state index in [1.54, 1.807) is 0 Å². The Bertz CT molecular complexity index is 599. The second kappa shape index (κ2) is 5.22. The molecule has 0 amide bonds. The maximum absolute atomic E-state index is 6.11. The van der Waals surface area contributed by atoms with E-state index in [1.807, 2.05) is 25.1 Å². The molecular formula is C12H10Cl3N3. The molecule has 0 atom stereocenters. The van der Waals surface area contributed by atoms with Crippen LogP contribution < -0.4 is 11.1 Å². The smallest absolute Gasteiger partial charge is 0.151 e. The molecule has 1 aromatic carbocycles. The van der Waals surface area contributed by atoms with Gasteiger partial charge in [-0.15, -0.1) is 0 Å². The number of nitrogens with one attached hydrogen (secondary N) is 1. The Balaban J connectivity index is 2.37. The van der Waals surface area contributed by atoms with Crippen LogP contribution in [0.4, 0.5) is 17.3 Å². The summed E-state index contributed by atoms with van der Waals surface area (Å²) in [5, 5.41) is 4.31. The number of aromatic nitrogens is 1. The maximum Gasteiger partial charge on any atom is 0.151 e. The lowest BCUT2D eigenvalue weighted by atomic mass is 10.2. The topological polar surface area (TPSA) is 50.9 Å². The first-order valence-corrected chi connectivity index (χ1v) is 6.25. The molecule has 0 fully saturated rings. The Morgan fingerprint density at radius 2 is 1.78 bits per heavy atom. The number of halogens is 3. The van der Waals surface area contributed by atoms with Gasteiger partial charge in [-0.3, -0.25) is 0 Å². The number of anilines is 3. The molecule has 3 nitrogen and oxygen atoms in total. The number of pyridine rings is 1. The fourth-order valence-corrected chi connectivity index (χ4v) is 2.11. The number of rotatable bonds is 2. The van der Waals surface area contributed by atoms with E-state index in [1.165, 1.54) is 6.07 Å². The van der Waals surface area contributed by atoms with Crippen molar-refractivity contribution in [1.82, 2.24) is 4.98 Å². The molecular weight excluding hydrogens is 293 g/mol. The summed E-state index contributed by atoms with van der Waals surface area (Å²) in [6.07, 6.45) is 0. The van der Waals surface area contributed by atoms with Crippen molar-refractivity contribution in [3.05, 3.63) is 44.9 Å². The summed E-state index contributed by atoms with van der Waals surface area (Å²) < 4.78 is 0.